The molecule has 23 heavy (non-hydrogen) atoms. The van der Waals surface area contributed by atoms with Gasteiger partial charge in [-0.05, 0) is 42.5 Å². The number of hydrogen-bond donors (Lipinski definition) is 2. The molecule has 2 aromatic rings. The minimum atomic E-state index is -0.291. The second-order valence-corrected chi connectivity index (χ2v) is 4.77. The molecule has 6 heteroatoms. The molecule has 2 rings (SSSR count). The third-order valence-electron chi connectivity index (χ3n) is 2.90. The molecule has 0 saturated carbocycles. The second kappa shape index (κ2) is 7.84. The average molecular weight is 314 g/mol. The van der Waals surface area contributed by atoms with Gasteiger partial charge in [0.2, 0.25) is 5.91 Å². The van der Waals surface area contributed by atoms with Crippen LogP contribution in [0.4, 0.5) is 11.4 Å². The summed E-state index contributed by atoms with van der Waals surface area (Å²) in [6.45, 7) is 1.31. The minimum absolute atomic E-state index is 0.114. The van der Waals surface area contributed by atoms with Crippen molar-refractivity contribution in [2.24, 2.45) is 0 Å². The van der Waals surface area contributed by atoms with Crippen molar-refractivity contribution in [3.05, 3.63) is 48.5 Å². The molecule has 0 aromatic heterocycles. The van der Waals surface area contributed by atoms with Crippen molar-refractivity contribution in [1.29, 1.82) is 0 Å². The lowest BCUT2D eigenvalue weighted by molar-refractivity contribution is -0.118. The number of carbonyl (C=O) groups excluding carboxylic acids is 2. The molecule has 2 N–H and O–H groups in total. The summed E-state index contributed by atoms with van der Waals surface area (Å²) in [4.78, 5) is 22.9. The first-order valence-corrected chi connectivity index (χ1v) is 7.01. The van der Waals surface area contributed by atoms with Crippen LogP contribution < -0.4 is 20.1 Å². The summed E-state index contributed by atoms with van der Waals surface area (Å²) >= 11 is 0. The molecule has 2 amide bonds. The number of ether oxygens (including phenoxy) is 2. The van der Waals surface area contributed by atoms with Gasteiger partial charge in [0.15, 0.2) is 6.61 Å². The molecule has 0 spiro atoms. The van der Waals surface area contributed by atoms with E-state index >= 15 is 0 Å². The Kier molecular flexibility index (Phi) is 5.57. The third kappa shape index (κ3) is 5.35. The predicted molar refractivity (Wildman–Crippen MR) is 87.9 cm³/mol. The maximum Gasteiger partial charge on any atom is 0.262 e. The molecular formula is C17H18N2O4. The molecule has 120 valence electrons. The van der Waals surface area contributed by atoms with E-state index in [0.717, 1.165) is 5.75 Å². The molecule has 6 nitrogen and oxygen atoms in total. The van der Waals surface area contributed by atoms with Crippen LogP contribution in [0.2, 0.25) is 0 Å². The zero-order valence-corrected chi connectivity index (χ0v) is 13.0. The average Bonchev–Trinajstić information content (AvgIpc) is 2.53. The summed E-state index contributed by atoms with van der Waals surface area (Å²) in [7, 11) is 1.58. The van der Waals surface area contributed by atoms with E-state index < -0.39 is 0 Å². The Morgan fingerprint density at radius 1 is 0.957 bits per heavy atom. The van der Waals surface area contributed by atoms with Crippen molar-refractivity contribution < 1.29 is 19.1 Å². The molecule has 0 unspecified atom stereocenters. The Morgan fingerprint density at radius 2 is 1.57 bits per heavy atom. The lowest BCUT2D eigenvalue weighted by atomic mass is 10.2. The largest absolute Gasteiger partial charge is 0.497 e. The second-order valence-electron chi connectivity index (χ2n) is 4.77. The third-order valence-corrected chi connectivity index (χ3v) is 2.90. The van der Waals surface area contributed by atoms with Gasteiger partial charge in [-0.15, -0.1) is 0 Å². The highest BCUT2D eigenvalue weighted by atomic mass is 16.5. The van der Waals surface area contributed by atoms with Crippen molar-refractivity contribution in [1.82, 2.24) is 0 Å². The lowest BCUT2D eigenvalue weighted by Gasteiger charge is -2.09. The zero-order chi connectivity index (χ0) is 16.7. The van der Waals surface area contributed by atoms with Crippen LogP contribution in [-0.2, 0) is 9.59 Å². The summed E-state index contributed by atoms with van der Waals surface area (Å²) in [6.07, 6.45) is 0. The van der Waals surface area contributed by atoms with Crippen LogP contribution >= 0.6 is 0 Å². The fourth-order valence-electron chi connectivity index (χ4n) is 1.90. The van der Waals surface area contributed by atoms with Gasteiger partial charge in [0.1, 0.15) is 11.5 Å². The Bertz CT molecular complexity index is 683. The van der Waals surface area contributed by atoms with Gasteiger partial charge in [-0.1, -0.05) is 6.07 Å². The minimum Gasteiger partial charge on any atom is -0.497 e. The molecule has 0 saturated heterocycles. The topological polar surface area (TPSA) is 76.7 Å². The van der Waals surface area contributed by atoms with Gasteiger partial charge in [0.05, 0.1) is 7.11 Å². The maximum absolute atomic E-state index is 11.9. The van der Waals surface area contributed by atoms with Crippen LogP contribution in [0.5, 0.6) is 11.5 Å². The summed E-state index contributed by atoms with van der Waals surface area (Å²) in [5.74, 6) is 0.835. The highest BCUT2D eigenvalue weighted by Crippen LogP contribution is 2.17. The van der Waals surface area contributed by atoms with Gasteiger partial charge in [-0.25, -0.2) is 0 Å². The van der Waals surface area contributed by atoms with Crippen molar-refractivity contribution in [3.8, 4) is 11.5 Å². The summed E-state index contributed by atoms with van der Waals surface area (Å²) in [5.41, 5.74) is 1.20. The van der Waals surface area contributed by atoms with E-state index in [0.29, 0.717) is 17.1 Å². The standard InChI is InChI=1S/C17H18N2O4/c1-12(20)18-13-4-3-5-14(10-13)19-17(21)11-23-16-8-6-15(22-2)7-9-16/h3-10H,11H2,1-2H3,(H,18,20)(H,19,21). The van der Waals surface area contributed by atoms with E-state index in [4.69, 9.17) is 9.47 Å². The predicted octanol–water partition coefficient (Wildman–Crippen LogP) is 2.67. The van der Waals surface area contributed by atoms with Crippen LogP contribution in [-0.4, -0.2) is 25.5 Å². The summed E-state index contributed by atoms with van der Waals surface area (Å²) in [5, 5.41) is 5.36. The first kappa shape index (κ1) is 16.4. The first-order chi connectivity index (χ1) is 11.1. The molecule has 0 radical (unpaired) electrons. The molecule has 0 atom stereocenters. The van der Waals surface area contributed by atoms with Crippen molar-refractivity contribution >= 4 is 23.2 Å². The van der Waals surface area contributed by atoms with Gasteiger partial charge in [0, 0.05) is 18.3 Å². The van der Waals surface area contributed by atoms with Crippen LogP contribution in [0.3, 0.4) is 0 Å². The van der Waals surface area contributed by atoms with Crippen molar-refractivity contribution in [2.45, 2.75) is 6.92 Å². The SMILES string of the molecule is COc1ccc(OCC(=O)Nc2cccc(NC(C)=O)c2)cc1. The Hall–Kier alpha value is -3.02. The fraction of sp³-hybridized carbons (Fsp3) is 0.176. The highest BCUT2D eigenvalue weighted by Gasteiger charge is 2.05. The lowest BCUT2D eigenvalue weighted by Crippen LogP contribution is -2.20. The van der Waals surface area contributed by atoms with Gasteiger partial charge in [0.25, 0.3) is 5.91 Å². The number of hydrogen-bond acceptors (Lipinski definition) is 4. The molecular weight excluding hydrogens is 296 g/mol. The highest BCUT2D eigenvalue weighted by molar-refractivity contribution is 5.94. The van der Waals surface area contributed by atoms with E-state index in [1.165, 1.54) is 6.92 Å². The molecule has 0 aliphatic carbocycles. The Balaban J connectivity index is 1.87. The van der Waals surface area contributed by atoms with Crippen LogP contribution in [0, 0.1) is 0 Å². The van der Waals surface area contributed by atoms with Gasteiger partial charge < -0.3 is 20.1 Å². The Labute approximate surface area is 134 Å². The molecule has 0 aliphatic rings. The number of anilines is 2. The number of methoxy groups -OCH3 is 1. The normalized spacial score (nSPS) is 9.83. The van der Waals surface area contributed by atoms with E-state index in [-0.39, 0.29) is 18.4 Å². The fourth-order valence-corrected chi connectivity index (χ4v) is 1.90. The molecule has 0 bridgehead atoms. The van der Waals surface area contributed by atoms with Gasteiger partial charge in [-0.2, -0.15) is 0 Å². The van der Waals surface area contributed by atoms with E-state index in [9.17, 15) is 9.59 Å². The molecule has 0 fully saturated rings. The number of rotatable bonds is 6. The van der Waals surface area contributed by atoms with Crippen molar-refractivity contribution in [2.75, 3.05) is 24.4 Å². The van der Waals surface area contributed by atoms with E-state index in [1.54, 1.807) is 55.6 Å². The molecule has 0 heterocycles. The molecule has 2 aromatic carbocycles. The van der Waals surface area contributed by atoms with Crippen molar-refractivity contribution in [3.63, 3.8) is 0 Å². The Morgan fingerprint density at radius 3 is 2.17 bits per heavy atom. The maximum atomic E-state index is 11.9. The van der Waals surface area contributed by atoms with Crippen LogP contribution in [0.15, 0.2) is 48.5 Å². The quantitative estimate of drug-likeness (QED) is 0.859. The van der Waals surface area contributed by atoms with E-state index in [1.807, 2.05) is 0 Å². The zero-order valence-electron chi connectivity index (χ0n) is 13.0. The number of carbonyl (C=O) groups is 2. The summed E-state index contributed by atoms with van der Waals surface area (Å²) < 4.78 is 10.4. The van der Waals surface area contributed by atoms with E-state index in [2.05, 4.69) is 10.6 Å². The summed E-state index contributed by atoms with van der Waals surface area (Å²) in [6, 6.07) is 13.8. The first-order valence-electron chi connectivity index (χ1n) is 7.01. The van der Waals surface area contributed by atoms with Crippen LogP contribution in [0.25, 0.3) is 0 Å². The smallest absolute Gasteiger partial charge is 0.262 e. The van der Waals surface area contributed by atoms with Crippen LogP contribution in [0.1, 0.15) is 6.92 Å². The molecule has 0 aliphatic heterocycles. The monoisotopic (exact) mass is 314 g/mol. The number of benzene rings is 2. The number of nitrogens with one attached hydrogen (secondary N) is 2. The number of amides is 2. The van der Waals surface area contributed by atoms with Gasteiger partial charge >= 0.3 is 0 Å². The van der Waals surface area contributed by atoms with Gasteiger partial charge in [-0.3, -0.25) is 9.59 Å².